The number of nitrogens with zero attached hydrogens (tertiary/aromatic N) is 3. The third kappa shape index (κ3) is 2.29. The molecule has 1 aromatic carbocycles. The van der Waals surface area contributed by atoms with Crippen molar-refractivity contribution in [2.45, 2.75) is 6.92 Å². The maximum absolute atomic E-state index is 7.39. The molecule has 0 aliphatic carbocycles. The van der Waals surface area contributed by atoms with Crippen LogP contribution in [0.1, 0.15) is 11.3 Å². The van der Waals surface area contributed by atoms with Crippen LogP contribution in [0.2, 0.25) is 0 Å². The lowest BCUT2D eigenvalue weighted by Gasteiger charge is -2.19. The van der Waals surface area contributed by atoms with Crippen molar-refractivity contribution in [2.24, 2.45) is 5.73 Å². The number of rotatable bonds is 3. The fourth-order valence-corrected chi connectivity index (χ4v) is 1.71. The number of anilines is 2. The molecule has 0 spiro atoms. The zero-order valence-corrected chi connectivity index (χ0v) is 10.4. The molecule has 18 heavy (non-hydrogen) atoms. The van der Waals surface area contributed by atoms with Crippen LogP contribution >= 0.6 is 0 Å². The first-order chi connectivity index (χ1) is 8.59. The van der Waals surface area contributed by atoms with E-state index in [4.69, 9.17) is 11.1 Å². The molecule has 0 unspecified atom stereocenters. The highest BCUT2D eigenvalue weighted by Gasteiger charge is 2.10. The van der Waals surface area contributed by atoms with Gasteiger partial charge in [-0.15, -0.1) is 0 Å². The SMILES string of the molecule is Cc1ccccc1N(C)c1nccc(C(=N)N)n1. The second-order valence-corrected chi connectivity index (χ2v) is 4.00. The molecule has 0 radical (unpaired) electrons. The predicted octanol–water partition coefficient (Wildman–Crippen LogP) is 1.84. The molecular formula is C13H15N5. The number of aryl methyl sites for hydroxylation is 1. The lowest BCUT2D eigenvalue weighted by Crippen LogP contribution is -2.18. The summed E-state index contributed by atoms with van der Waals surface area (Å²) in [6, 6.07) is 9.60. The predicted molar refractivity (Wildman–Crippen MR) is 72.3 cm³/mol. The fourth-order valence-electron chi connectivity index (χ4n) is 1.71. The average Bonchev–Trinajstić information content (AvgIpc) is 2.38. The molecule has 2 rings (SSSR count). The van der Waals surface area contributed by atoms with E-state index in [1.165, 1.54) is 0 Å². The summed E-state index contributed by atoms with van der Waals surface area (Å²) in [7, 11) is 1.89. The fraction of sp³-hybridized carbons (Fsp3) is 0.154. The van der Waals surface area contributed by atoms with Crippen molar-refractivity contribution in [1.82, 2.24) is 9.97 Å². The maximum Gasteiger partial charge on any atom is 0.230 e. The molecule has 0 amide bonds. The average molecular weight is 241 g/mol. The number of nitrogen functional groups attached to an aromatic ring is 1. The summed E-state index contributed by atoms with van der Waals surface area (Å²) in [6.07, 6.45) is 1.60. The minimum Gasteiger partial charge on any atom is -0.382 e. The molecular weight excluding hydrogens is 226 g/mol. The Balaban J connectivity index is 2.40. The van der Waals surface area contributed by atoms with Crippen LogP contribution in [-0.2, 0) is 0 Å². The van der Waals surface area contributed by atoms with Crippen LogP contribution < -0.4 is 10.6 Å². The van der Waals surface area contributed by atoms with E-state index in [-0.39, 0.29) is 5.84 Å². The monoisotopic (exact) mass is 241 g/mol. The van der Waals surface area contributed by atoms with E-state index in [1.807, 2.05) is 43.1 Å². The quantitative estimate of drug-likeness (QED) is 0.634. The van der Waals surface area contributed by atoms with Gasteiger partial charge in [-0.05, 0) is 24.6 Å². The Labute approximate surface area is 106 Å². The number of hydrogen-bond donors (Lipinski definition) is 2. The van der Waals surface area contributed by atoms with Gasteiger partial charge in [-0.2, -0.15) is 0 Å². The van der Waals surface area contributed by atoms with Crippen LogP contribution in [0.4, 0.5) is 11.6 Å². The highest BCUT2D eigenvalue weighted by molar-refractivity contribution is 5.93. The Morgan fingerprint density at radius 2 is 2.00 bits per heavy atom. The summed E-state index contributed by atoms with van der Waals surface area (Å²) in [5.74, 6) is 0.467. The van der Waals surface area contributed by atoms with Crippen molar-refractivity contribution >= 4 is 17.5 Å². The normalized spacial score (nSPS) is 10.1. The molecule has 92 valence electrons. The lowest BCUT2D eigenvalue weighted by molar-refractivity contribution is 1.03. The molecule has 5 heteroatoms. The van der Waals surface area contributed by atoms with Crippen molar-refractivity contribution in [3.63, 3.8) is 0 Å². The molecule has 2 aromatic rings. The molecule has 3 N–H and O–H groups in total. The van der Waals surface area contributed by atoms with Gasteiger partial charge in [-0.3, -0.25) is 5.41 Å². The first-order valence-corrected chi connectivity index (χ1v) is 5.56. The first kappa shape index (κ1) is 12.0. The molecule has 0 aliphatic heterocycles. The molecule has 0 aliphatic rings. The van der Waals surface area contributed by atoms with E-state index in [2.05, 4.69) is 9.97 Å². The van der Waals surface area contributed by atoms with Crippen LogP contribution in [-0.4, -0.2) is 22.9 Å². The highest BCUT2D eigenvalue weighted by Crippen LogP contribution is 2.23. The van der Waals surface area contributed by atoms with E-state index < -0.39 is 0 Å². The zero-order chi connectivity index (χ0) is 13.1. The van der Waals surface area contributed by atoms with Crippen molar-refractivity contribution in [3.05, 3.63) is 47.8 Å². The minimum atomic E-state index is -0.0585. The summed E-state index contributed by atoms with van der Waals surface area (Å²) < 4.78 is 0. The van der Waals surface area contributed by atoms with Gasteiger partial charge in [0, 0.05) is 18.9 Å². The topological polar surface area (TPSA) is 78.9 Å². The number of benzene rings is 1. The van der Waals surface area contributed by atoms with E-state index in [0.29, 0.717) is 11.6 Å². The Bertz CT molecular complexity index is 579. The standard InChI is InChI=1S/C13H15N5/c1-9-5-3-4-6-11(9)18(2)13-16-8-7-10(17-13)12(14)15/h3-8H,1-2H3,(H3,14,15). The van der Waals surface area contributed by atoms with Gasteiger partial charge >= 0.3 is 0 Å². The zero-order valence-electron chi connectivity index (χ0n) is 10.4. The van der Waals surface area contributed by atoms with Gasteiger partial charge in [0.2, 0.25) is 5.95 Å². The number of hydrogen-bond acceptors (Lipinski definition) is 4. The van der Waals surface area contributed by atoms with Crippen LogP contribution in [0.5, 0.6) is 0 Å². The molecule has 1 heterocycles. The van der Waals surface area contributed by atoms with E-state index in [0.717, 1.165) is 11.3 Å². The van der Waals surface area contributed by atoms with Crippen LogP contribution in [0.15, 0.2) is 36.5 Å². The molecule has 0 atom stereocenters. The van der Waals surface area contributed by atoms with Crippen LogP contribution in [0.25, 0.3) is 0 Å². The highest BCUT2D eigenvalue weighted by atomic mass is 15.2. The maximum atomic E-state index is 7.39. The number of nitrogens with two attached hydrogens (primary N) is 1. The third-order valence-electron chi connectivity index (χ3n) is 2.70. The summed E-state index contributed by atoms with van der Waals surface area (Å²) >= 11 is 0. The van der Waals surface area contributed by atoms with Gasteiger partial charge in [0.1, 0.15) is 11.5 Å². The van der Waals surface area contributed by atoms with E-state index in [9.17, 15) is 0 Å². The van der Waals surface area contributed by atoms with Crippen LogP contribution in [0.3, 0.4) is 0 Å². The summed E-state index contributed by atoms with van der Waals surface area (Å²) in [5, 5.41) is 7.39. The Morgan fingerprint density at radius 3 is 2.67 bits per heavy atom. The largest absolute Gasteiger partial charge is 0.382 e. The summed E-state index contributed by atoms with van der Waals surface area (Å²) in [6.45, 7) is 2.03. The summed E-state index contributed by atoms with van der Waals surface area (Å²) in [5.41, 5.74) is 8.02. The van der Waals surface area contributed by atoms with Gasteiger partial charge in [0.05, 0.1) is 0 Å². The molecule has 0 saturated carbocycles. The van der Waals surface area contributed by atoms with Gasteiger partial charge in [-0.1, -0.05) is 18.2 Å². The first-order valence-electron chi connectivity index (χ1n) is 5.56. The smallest absolute Gasteiger partial charge is 0.230 e. The summed E-state index contributed by atoms with van der Waals surface area (Å²) in [4.78, 5) is 10.3. The number of aromatic nitrogens is 2. The Kier molecular flexibility index (Phi) is 3.23. The minimum absolute atomic E-state index is 0.0585. The van der Waals surface area contributed by atoms with Crippen molar-refractivity contribution in [2.75, 3.05) is 11.9 Å². The Morgan fingerprint density at radius 1 is 1.28 bits per heavy atom. The lowest BCUT2D eigenvalue weighted by atomic mass is 10.2. The molecule has 0 saturated heterocycles. The van der Waals surface area contributed by atoms with Gasteiger partial charge < -0.3 is 10.6 Å². The molecule has 0 bridgehead atoms. The number of para-hydroxylation sites is 1. The van der Waals surface area contributed by atoms with Crippen molar-refractivity contribution < 1.29 is 0 Å². The number of nitrogens with one attached hydrogen (secondary N) is 1. The number of amidine groups is 1. The van der Waals surface area contributed by atoms with E-state index >= 15 is 0 Å². The Hall–Kier alpha value is -2.43. The van der Waals surface area contributed by atoms with Gasteiger partial charge in [-0.25, -0.2) is 9.97 Å². The van der Waals surface area contributed by atoms with E-state index in [1.54, 1.807) is 12.3 Å². The van der Waals surface area contributed by atoms with Crippen molar-refractivity contribution in [3.8, 4) is 0 Å². The molecule has 5 nitrogen and oxygen atoms in total. The van der Waals surface area contributed by atoms with Crippen LogP contribution in [0, 0.1) is 12.3 Å². The molecule has 1 aromatic heterocycles. The van der Waals surface area contributed by atoms with Gasteiger partial charge in [0.25, 0.3) is 0 Å². The van der Waals surface area contributed by atoms with Gasteiger partial charge in [0.15, 0.2) is 0 Å². The third-order valence-corrected chi connectivity index (χ3v) is 2.70. The second-order valence-electron chi connectivity index (χ2n) is 4.00. The second kappa shape index (κ2) is 4.83. The molecule has 0 fully saturated rings. The van der Waals surface area contributed by atoms with Crippen molar-refractivity contribution in [1.29, 1.82) is 5.41 Å².